The van der Waals surface area contributed by atoms with Gasteiger partial charge in [-0.25, -0.2) is 0 Å². The third kappa shape index (κ3) is 3.40. The fourth-order valence-corrected chi connectivity index (χ4v) is 3.28. The molecule has 0 bridgehead atoms. The second-order valence-electron chi connectivity index (χ2n) is 6.00. The van der Waals surface area contributed by atoms with Gasteiger partial charge in [0.2, 0.25) is 0 Å². The summed E-state index contributed by atoms with van der Waals surface area (Å²) >= 11 is 0. The highest BCUT2D eigenvalue weighted by atomic mass is 16.5. The van der Waals surface area contributed by atoms with Crippen LogP contribution in [0.25, 0.3) is 0 Å². The van der Waals surface area contributed by atoms with Crippen LogP contribution in [0, 0.1) is 0 Å². The van der Waals surface area contributed by atoms with Crippen molar-refractivity contribution < 1.29 is 4.74 Å². The predicted octanol–water partition coefficient (Wildman–Crippen LogP) is 4.02. The zero-order valence-electron chi connectivity index (χ0n) is 13.1. The topological polar surface area (TPSA) is 35.2 Å². The Morgan fingerprint density at radius 1 is 0.818 bits per heavy atom. The lowest BCUT2D eigenvalue weighted by Gasteiger charge is -2.21. The molecule has 0 aliphatic heterocycles. The Morgan fingerprint density at radius 2 is 1.41 bits per heavy atom. The van der Waals surface area contributed by atoms with Crippen molar-refractivity contribution in [2.45, 2.75) is 38.2 Å². The van der Waals surface area contributed by atoms with Gasteiger partial charge in [-0.1, -0.05) is 48.5 Å². The molecule has 2 nitrogen and oxygen atoms in total. The summed E-state index contributed by atoms with van der Waals surface area (Å²) in [5, 5.41) is 0. The van der Waals surface area contributed by atoms with E-state index in [4.69, 9.17) is 10.5 Å². The second kappa shape index (κ2) is 7.57. The third-order valence-corrected chi connectivity index (χ3v) is 4.47. The van der Waals surface area contributed by atoms with Crippen LogP contribution >= 0.6 is 0 Å². The van der Waals surface area contributed by atoms with E-state index < -0.39 is 0 Å². The minimum atomic E-state index is 0.0766. The number of nitrogens with two attached hydrogens (primary N) is 1. The van der Waals surface area contributed by atoms with E-state index in [1.807, 2.05) is 0 Å². The molecule has 2 N–H and O–H groups in total. The van der Waals surface area contributed by atoms with E-state index in [0.717, 1.165) is 45.3 Å². The van der Waals surface area contributed by atoms with Crippen molar-refractivity contribution in [3.8, 4) is 0 Å². The van der Waals surface area contributed by atoms with Crippen molar-refractivity contribution >= 4 is 0 Å². The summed E-state index contributed by atoms with van der Waals surface area (Å²) in [5.74, 6) is 0. The molecule has 0 unspecified atom stereocenters. The summed E-state index contributed by atoms with van der Waals surface area (Å²) in [5.41, 5.74) is 11.1. The molecule has 0 fully saturated rings. The largest absolute Gasteiger partial charge is 0.369 e. The highest BCUT2D eigenvalue weighted by molar-refractivity contribution is 5.43. The summed E-state index contributed by atoms with van der Waals surface area (Å²) < 4.78 is 6.32. The lowest BCUT2D eigenvalue weighted by Crippen LogP contribution is -2.10. The van der Waals surface area contributed by atoms with Gasteiger partial charge in [0.15, 0.2) is 0 Å². The monoisotopic (exact) mass is 295 g/mol. The zero-order valence-corrected chi connectivity index (χ0v) is 13.1. The van der Waals surface area contributed by atoms with Crippen LogP contribution in [0.4, 0.5) is 0 Å². The summed E-state index contributed by atoms with van der Waals surface area (Å²) in [7, 11) is 0. The van der Waals surface area contributed by atoms with E-state index in [2.05, 4.69) is 48.5 Å². The molecule has 0 saturated carbocycles. The molecule has 1 aliphatic carbocycles. The summed E-state index contributed by atoms with van der Waals surface area (Å²) in [6.07, 6.45) is 5.58. The Hall–Kier alpha value is -1.64. The number of aryl methyl sites for hydroxylation is 2. The molecule has 2 heteroatoms. The normalized spacial score (nSPS) is 14.2. The highest BCUT2D eigenvalue weighted by Crippen LogP contribution is 2.35. The molecule has 0 spiro atoms. The maximum Gasteiger partial charge on any atom is 0.108 e. The molecule has 2 aromatic carbocycles. The summed E-state index contributed by atoms with van der Waals surface area (Å²) in [6, 6.07) is 17.4. The number of rotatable bonds is 6. The van der Waals surface area contributed by atoms with Crippen LogP contribution < -0.4 is 5.73 Å². The molecule has 0 aromatic heterocycles. The van der Waals surface area contributed by atoms with Crippen LogP contribution in [0.5, 0.6) is 0 Å². The Morgan fingerprint density at radius 3 is 2.00 bits per heavy atom. The van der Waals surface area contributed by atoms with E-state index in [1.54, 1.807) is 0 Å². The maximum absolute atomic E-state index is 6.32. The van der Waals surface area contributed by atoms with Gasteiger partial charge < -0.3 is 10.5 Å². The first-order valence-corrected chi connectivity index (χ1v) is 8.37. The Bertz CT molecular complexity index is 561. The first-order chi connectivity index (χ1) is 10.9. The van der Waals surface area contributed by atoms with Gasteiger partial charge in [0.1, 0.15) is 6.10 Å². The van der Waals surface area contributed by atoms with Gasteiger partial charge in [0.25, 0.3) is 0 Å². The van der Waals surface area contributed by atoms with Gasteiger partial charge in [-0.05, 0) is 60.9 Å². The van der Waals surface area contributed by atoms with Crippen molar-refractivity contribution in [3.05, 3.63) is 70.8 Å². The van der Waals surface area contributed by atoms with Gasteiger partial charge in [0.05, 0.1) is 0 Å². The van der Waals surface area contributed by atoms with Gasteiger partial charge in [0, 0.05) is 6.61 Å². The predicted molar refractivity (Wildman–Crippen MR) is 91.0 cm³/mol. The average Bonchev–Trinajstić information content (AvgIpc) is 2.72. The first kappa shape index (κ1) is 15.3. The Labute approximate surface area is 133 Å². The molecule has 0 heterocycles. The maximum atomic E-state index is 6.32. The molecule has 2 aromatic rings. The Balaban J connectivity index is 1.82. The number of fused-ring (bicyclic) bond motifs is 2. The average molecular weight is 295 g/mol. The zero-order chi connectivity index (χ0) is 15.2. The quantitative estimate of drug-likeness (QED) is 0.817. The second-order valence-corrected chi connectivity index (χ2v) is 6.00. The van der Waals surface area contributed by atoms with Crippen molar-refractivity contribution in [1.82, 2.24) is 0 Å². The van der Waals surface area contributed by atoms with E-state index in [9.17, 15) is 0 Å². The number of ether oxygens (including phenoxy) is 1. The molecule has 0 amide bonds. The van der Waals surface area contributed by atoms with E-state index >= 15 is 0 Å². The van der Waals surface area contributed by atoms with Crippen LogP contribution in [-0.4, -0.2) is 13.2 Å². The van der Waals surface area contributed by atoms with Crippen molar-refractivity contribution in [1.29, 1.82) is 0 Å². The lowest BCUT2D eigenvalue weighted by atomic mass is 9.97. The number of benzene rings is 2. The number of hydrogen-bond donors (Lipinski definition) is 1. The standard InChI is InChI=1S/C20H25NO/c21-14-6-1-7-15-22-20-18-10-4-2-8-16(18)12-13-17-9-3-5-11-19(17)20/h2-5,8-11,20H,1,6-7,12-15,21H2. The smallest absolute Gasteiger partial charge is 0.108 e. The third-order valence-electron chi connectivity index (χ3n) is 4.47. The van der Waals surface area contributed by atoms with Gasteiger partial charge in [-0.2, -0.15) is 0 Å². The van der Waals surface area contributed by atoms with Crippen molar-refractivity contribution in [3.63, 3.8) is 0 Å². The molecular formula is C20H25NO. The van der Waals surface area contributed by atoms with Gasteiger partial charge >= 0.3 is 0 Å². The molecule has 1 aliphatic rings. The molecule has 0 saturated heterocycles. The number of unbranched alkanes of at least 4 members (excludes halogenated alkanes) is 2. The number of hydrogen-bond acceptors (Lipinski definition) is 2. The first-order valence-electron chi connectivity index (χ1n) is 8.37. The van der Waals surface area contributed by atoms with Crippen molar-refractivity contribution in [2.75, 3.05) is 13.2 Å². The molecule has 0 atom stereocenters. The summed E-state index contributed by atoms with van der Waals surface area (Å²) in [6.45, 7) is 1.57. The van der Waals surface area contributed by atoms with E-state index in [-0.39, 0.29) is 6.10 Å². The lowest BCUT2D eigenvalue weighted by molar-refractivity contribution is 0.0766. The summed E-state index contributed by atoms with van der Waals surface area (Å²) in [4.78, 5) is 0. The van der Waals surface area contributed by atoms with Crippen LogP contribution in [0.3, 0.4) is 0 Å². The highest BCUT2D eigenvalue weighted by Gasteiger charge is 2.23. The minimum absolute atomic E-state index is 0.0766. The molecule has 3 rings (SSSR count). The molecule has 0 radical (unpaired) electrons. The fourth-order valence-electron chi connectivity index (χ4n) is 3.28. The van der Waals surface area contributed by atoms with Gasteiger partial charge in [-0.3, -0.25) is 0 Å². The fraction of sp³-hybridized carbons (Fsp3) is 0.400. The Kier molecular flexibility index (Phi) is 5.25. The SMILES string of the molecule is NCCCCCOC1c2ccccc2CCc2ccccc21. The van der Waals surface area contributed by atoms with E-state index in [1.165, 1.54) is 22.3 Å². The van der Waals surface area contributed by atoms with Crippen LogP contribution in [0.1, 0.15) is 47.6 Å². The molecule has 22 heavy (non-hydrogen) atoms. The van der Waals surface area contributed by atoms with Crippen molar-refractivity contribution in [2.24, 2.45) is 5.73 Å². The minimum Gasteiger partial charge on any atom is -0.369 e. The molecular weight excluding hydrogens is 270 g/mol. The van der Waals surface area contributed by atoms with Gasteiger partial charge in [-0.15, -0.1) is 0 Å². The van der Waals surface area contributed by atoms with Crippen LogP contribution in [-0.2, 0) is 17.6 Å². The van der Waals surface area contributed by atoms with E-state index in [0.29, 0.717) is 0 Å². The van der Waals surface area contributed by atoms with Crippen LogP contribution in [0.2, 0.25) is 0 Å². The molecule has 116 valence electrons. The van der Waals surface area contributed by atoms with Crippen LogP contribution in [0.15, 0.2) is 48.5 Å².